The summed E-state index contributed by atoms with van der Waals surface area (Å²) in [4.78, 5) is 48.7. The normalized spacial score (nSPS) is 11.2. The minimum atomic E-state index is -0.829. The number of nitrogens with zero attached hydrogens (tertiary/aromatic N) is 2. The van der Waals surface area contributed by atoms with Gasteiger partial charge in [-0.15, -0.1) is 0 Å². The number of halogens is 2. The Balaban J connectivity index is 1.59. The number of imide groups is 2. The second-order valence-corrected chi connectivity index (χ2v) is 10.5. The number of carbonyl (C=O) groups excluding carboxylic acids is 4. The predicted molar refractivity (Wildman–Crippen MR) is 173 cm³/mol. The van der Waals surface area contributed by atoms with Gasteiger partial charge in [-0.05, 0) is 56.2 Å². The van der Waals surface area contributed by atoms with Crippen molar-refractivity contribution in [2.24, 2.45) is 0 Å². The van der Waals surface area contributed by atoms with E-state index < -0.39 is 23.9 Å². The lowest BCUT2D eigenvalue weighted by atomic mass is 10.1. The summed E-state index contributed by atoms with van der Waals surface area (Å²) in [5.41, 5.74) is 0.770. The van der Waals surface area contributed by atoms with E-state index in [1.54, 1.807) is 49.4 Å². The molecule has 0 bridgehead atoms. The van der Waals surface area contributed by atoms with Gasteiger partial charge in [0.25, 0.3) is 11.8 Å². The topological polar surface area (TPSA) is 188 Å². The van der Waals surface area contributed by atoms with Crippen LogP contribution in [0.3, 0.4) is 0 Å². The van der Waals surface area contributed by atoms with Crippen LogP contribution in [0.25, 0.3) is 0 Å². The highest BCUT2D eigenvalue weighted by atomic mass is 35.5. The van der Waals surface area contributed by atoms with Crippen LogP contribution in [0.4, 0.5) is 21.0 Å². The van der Waals surface area contributed by atoms with Crippen LogP contribution in [0, 0.1) is 22.7 Å². The van der Waals surface area contributed by atoms with Crippen LogP contribution in [-0.2, 0) is 9.59 Å². The summed E-state index contributed by atoms with van der Waals surface area (Å²) in [6.45, 7) is 2.71. The molecule has 0 radical (unpaired) electrons. The Morgan fingerprint density at radius 2 is 1.24 bits per heavy atom. The lowest BCUT2D eigenvalue weighted by Crippen LogP contribution is -2.36. The highest BCUT2D eigenvalue weighted by molar-refractivity contribution is 6.31. The first-order chi connectivity index (χ1) is 21.6. The molecule has 0 aliphatic heterocycles. The van der Waals surface area contributed by atoms with Crippen molar-refractivity contribution in [3.8, 4) is 12.1 Å². The lowest BCUT2D eigenvalue weighted by molar-refractivity contribution is -0.116. The molecule has 45 heavy (non-hydrogen) atoms. The maximum atomic E-state index is 12.4. The molecule has 236 valence electrons. The summed E-state index contributed by atoms with van der Waals surface area (Å²) < 4.78 is 0. The number of hydrogen-bond acceptors (Lipinski definition) is 8. The zero-order valence-electron chi connectivity index (χ0n) is 24.6. The Bertz CT molecular complexity index is 1510. The Kier molecular flexibility index (Phi) is 16.1. The summed E-state index contributed by atoms with van der Waals surface area (Å²) >= 11 is 11.7. The van der Waals surface area contributed by atoms with Crippen molar-refractivity contribution in [1.29, 1.82) is 10.5 Å². The molecule has 2 rings (SSSR count). The first kappa shape index (κ1) is 36.2. The molecule has 2 aromatic carbocycles. The number of amides is 6. The Labute approximate surface area is 271 Å². The van der Waals surface area contributed by atoms with Gasteiger partial charge < -0.3 is 21.3 Å². The smallest absolute Gasteiger partial charge is 0.326 e. The fourth-order valence-electron chi connectivity index (χ4n) is 3.84. The highest BCUT2D eigenvalue weighted by Gasteiger charge is 2.16. The molecule has 6 N–H and O–H groups in total. The number of urea groups is 2. The standard InChI is InChI=1S/C31H34Cl2N8O4/c1-21(27(19-35)29(43)41-31(45)39-26-13-9-11-24(33)17-26)37-15-7-5-3-2-4-6-14-36-20-22(18-34)28(42)40-30(44)38-25-12-8-10-23(32)16-25/h8-13,16-17,20,36-37H,2-7,14-15H2,1H3,(H2,38,40,42,44)(H2,39,41,43,45)/b22-20+,27-21+. The molecule has 0 unspecified atom stereocenters. The van der Waals surface area contributed by atoms with Gasteiger partial charge in [-0.25, -0.2) is 9.59 Å². The van der Waals surface area contributed by atoms with E-state index in [-0.39, 0.29) is 11.1 Å². The van der Waals surface area contributed by atoms with Crippen molar-refractivity contribution in [2.75, 3.05) is 23.7 Å². The van der Waals surface area contributed by atoms with Crippen LogP contribution >= 0.6 is 23.2 Å². The van der Waals surface area contributed by atoms with Crippen LogP contribution in [0.5, 0.6) is 0 Å². The molecule has 14 heteroatoms. The van der Waals surface area contributed by atoms with E-state index in [2.05, 4.69) is 31.9 Å². The van der Waals surface area contributed by atoms with Crippen LogP contribution in [0.15, 0.2) is 71.6 Å². The molecular weight excluding hydrogens is 619 g/mol. The first-order valence-electron chi connectivity index (χ1n) is 14.1. The van der Waals surface area contributed by atoms with Gasteiger partial charge in [-0.3, -0.25) is 20.2 Å². The number of rotatable bonds is 15. The van der Waals surface area contributed by atoms with Crippen molar-refractivity contribution in [1.82, 2.24) is 21.3 Å². The summed E-state index contributed by atoms with van der Waals surface area (Å²) in [5.74, 6) is -1.64. The van der Waals surface area contributed by atoms with Gasteiger partial charge in [0.1, 0.15) is 23.3 Å². The maximum absolute atomic E-state index is 12.4. The molecule has 0 spiro atoms. The molecule has 2 aromatic rings. The Hall–Kier alpha value is -5.04. The number of carbonyl (C=O) groups is 4. The van der Waals surface area contributed by atoms with Gasteiger partial charge >= 0.3 is 12.1 Å². The molecule has 6 amide bonds. The molecule has 0 fully saturated rings. The van der Waals surface area contributed by atoms with Crippen LogP contribution in [0.1, 0.15) is 45.4 Å². The van der Waals surface area contributed by atoms with E-state index in [1.165, 1.54) is 18.3 Å². The molecule has 12 nitrogen and oxygen atoms in total. The fraction of sp³-hybridized carbons (Fsp3) is 0.290. The summed E-state index contributed by atoms with van der Waals surface area (Å²) in [6.07, 6.45) is 6.73. The molecular formula is C31H34Cl2N8O4. The van der Waals surface area contributed by atoms with Crippen molar-refractivity contribution in [2.45, 2.75) is 45.4 Å². The van der Waals surface area contributed by atoms with Gasteiger partial charge in [0, 0.05) is 46.4 Å². The van der Waals surface area contributed by atoms with Crippen molar-refractivity contribution >= 4 is 58.5 Å². The van der Waals surface area contributed by atoms with E-state index in [0.717, 1.165) is 38.5 Å². The van der Waals surface area contributed by atoms with Gasteiger partial charge in [-0.2, -0.15) is 10.5 Å². The lowest BCUT2D eigenvalue weighted by Gasteiger charge is -2.10. The van der Waals surface area contributed by atoms with Crippen molar-refractivity contribution in [3.63, 3.8) is 0 Å². The molecule has 0 aliphatic carbocycles. The van der Waals surface area contributed by atoms with Gasteiger partial charge in [0.05, 0.1) is 0 Å². The van der Waals surface area contributed by atoms with E-state index >= 15 is 0 Å². The van der Waals surface area contributed by atoms with E-state index in [9.17, 15) is 29.7 Å². The number of nitrogens with one attached hydrogen (secondary N) is 6. The quantitative estimate of drug-likeness (QED) is 0.0800. The van der Waals surface area contributed by atoms with Crippen molar-refractivity contribution in [3.05, 3.63) is 81.6 Å². The molecule has 0 atom stereocenters. The molecule has 0 saturated heterocycles. The SMILES string of the molecule is C/C(NCCCCCCCCN/C=C(\C#N)C(=O)NC(=O)Nc1cccc(Cl)c1)=C(/C#N)C(=O)NC(=O)Nc1cccc(Cl)c1. The van der Waals surface area contributed by atoms with E-state index in [0.29, 0.717) is 40.2 Å². The number of anilines is 2. The highest BCUT2D eigenvalue weighted by Crippen LogP contribution is 2.15. The summed E-state index contributed by atoms with van der Waals surface area (Å²) in [6, 6.07) is 14.9. The van der Waals surface area contributed by atoms with Gasteiger partial charge in [0.15, 0.2) is 0 Å². The third kappa shape index (κ3) is 14.3. The Morgan fingerprint density at radius 3 is 1.76 bits per heavy atom. The predicted octanol–water partition coefficient (Wildman–Crippen LogP) is 5.71. The van der Waals surface area contributed by atoms with Crippen LogP contribution < -0.4 is 31.9 Å². The number of hydrogen-bond donors (Lipinski definition) is 6. The van der Waals surface area contributed by atoms with Crippen LogP contribution in [-0.4, -0.2) is 37.0 Å². The number of unbranched alkanes of at least 4 members (excludes halogenated alkanes) is 5. The van der Waals surface area contributed by atoms with Crippen LogP contribution in [0.2, 0.25) is 10.0 Å². The molecule has 0 aromatic heterocycles. The van der Waals surface area contributed by atoms with Crippen molar-refractivity contribution < 1.29 is 19.2 Å². The van der Waals surface area contributed by atoms with Gasteiger partial charge in [-0.1, -0.05) is 61.0 Å². The fourth-order valence-corrected chi connectivity index (χ4v) is 4.22. The van der Waals surface area contributed by atoms with Gasteiger partial charge in [0.2, 0.25) is 0 Å². The molecule has 0 saturated carbocycles. The maximum Gasteiger partial charge on any atom is 0.326 e. The minimum absolute atomic E-state index is 0.185. The number of allylic oxidation sites excluding steroid dienone is 1. The summed E-state index contributed by atoms with van der Waals surface area (Å²) in [5, 5.41) is 34.7. The second kappa shape index (κ2) is 20.0. The monoisotopic (exact) mass is 652 g/mol. The van der Waals surface area contributed by atoms with E-state index in [4.69, 9.17) is 23.2 Å². The zero-order chi connectivity index (χ0) is 33.0. The molecule has 0 aliphatic rings. The number of nitriles is 2. The summed E-state index contributed by atoms with van der Waals surface area (Å²) in [7, 11) is 0. The minimum Gasteiger partial charge on any atom is -0.390 e. The zero-order valence-corrected chi connectivity index (χ0v) is 26.1. The molecule has 0 heterocycles. The third-order valence-corrected chi connectivity index (χ3v) is 6.55. The second-order valence-electron chi connectivity index (χ2n) is 9.62. The largest absolute Gasteiger partial charge is 0.390 e. The Morgan fingerprint density at radius 1 is 0.733 bits per heavy atom. The van der Waals surface area contributed by atoms with E-state index in [1.807, 2.05) is 6.07 Å². The third-order valence-electron chi connectivity index (χ3n) is 6.08. The number of benzene rings is 2. The first-order valence-corrected chi connectivity index (χ1v) is 14.8. The average Bonchev–Trinajstić information content (AvgIpc) is 2.98. The average molecular weight is 654 g/mol.